The van der Waals surface area contributed by atoms with Crippen LogP contribution in [0.3, 0.4) is 0 Å². The third kappa shape index (κ3) is 2.27. The van der Waals surface area contributed by atoms with Gasteiger partial charge in [-0.2, -0.15) is 0 Å². The van der Waals surface area contributed by atoms with Gasteiger partial charge in [0, 0.05) is 10.6 Å². The SMILES string of the molecule is CC#Cc1ccc(Cl)cc1C(=O)OC. The lowest BCUT2D eigenvalue weighted by Gasteiger charge is -2.02. The van der Waals surface area contributed by atoms with Crippen LogP contribution in [0.25, 0.3) is 0 Å². The summed E-state index contributed by atoms with van der Waals surface area (Å²) in [5.41, 5.74) is 1.03. The number of carbonyl (C=O) groups excluding carboxylic acids is 1. The molecule has 0 aliphatic carbocycles. The molecule has 1 aromatic carbocycles. The van der Waals surface area contributed by atoms with Crippen molar-refractivity contribution in [2.75, 3.05) is 7.11 Å². The molecule has 2 nitrogen and oxygen atoms in total. The molecule has 0 N–H and O–H groups in total. The third-order valence-corrected chi connectivity index (χ3v) is 1.88. The van der Waals surface area contributed by atoms with E-state index >= 15 is 0 Å². The summed E-state index contributed by atoms with van der Waals surface area (Å²) < 4.78 is 4.61. The highest BCUT2D eigenvalue weighted by Crippen LogP contribution is 2.16. The first kappa shape index (κ1) is 10.6. The lowest BCUT2D eigenvalue weighted by Crippen LogP contribution is -2.03. The maximum Gasteiger partial charge on any atom is 0.339 e. The predicted octanol–water partition coefficient (Wildman–Crippen LogP) is 2.50. The van der Waals surface area contributed by atoms with Gasteiger partial charge < -0.3 is 4.74 Å². The summed E-state index contributed by atoms with van der Waals surface area (Å²) in [6.45, 7) is 1.70. The fraction of sp³-hybridized carbons (Fsp3) is 0.182. The highest BCUT2D eigenvalue weighted by Gasteiger charge is 2.10. The number of esters is 1. The summed E-state index contributed by atoms with van der Waals surface area (Å²) in [4.78, 5) is 11.3. The first-order valence-corrected chi connectivity index (χ1v) is 4.37. The number of rotatable bonds is 1. The summed E-state index contributed by atoms with van der Waals surface area (Å²) in [5, 5.41) is 0.493. The van der Waals surface area contributed by atoms with E-state index in [2.05, 4.69) is 16.6 Å². The molecule has 3 heteroatoms. The van der Waals surface area contributed by atoms with Gasteiger partial charge in [0.1, 0.15) is 0 Å². The largest absolute Gasteiger partial charge is 0.465 e. The zero-order valence-corrected chi connectivity index (χ0v) is 8.68. The second kappa shape index (κ2) is 4.69. The summed E-state index contributed by atoms with van der Waals surface area (Å²) in [7, 11) is 1.33. The van der Waals surface area contributed by atoms with Gasteiger partial charge in [-0.3, -0.25) is 0 Å². The molecule has 0 heterocycles. The van der Waals surface area contributed by atoms with Gasteiger partial charge in [-0.25, -0.2) is 4.79 Å². The average molecular weight is 209 g/mol. The van der Waals surface area contributed by atoms with Crippen LogP contribution in [0.5, 0.6) is 0 Å². The normalized spacial score (nSPS) is 8.79. The van der Waals surface area contributed by atoms with Gasteiger partial charge in [0.2, 0.25) is 0 Å². The Morgan fingerprint density at radius 1 is 1.50 bits per heavy atom. The molecule has 0 fully saturated rings. The molecule has 0 aliphatic rings. The number of halogens is 1. The van der Waals surface area contributed by atoms with Crippen molar-refractivity contribution in [1.82, 2.24) is 0 Å². The third-order valence-electron chi connectivity index (χ3n) is 1.65. The lowest BCUT2D eigenvalue weighted by atomic mass is 10.1. The number of carbonyl (C=O) groups is 1. The maximum atomic E-state index is 11.3. The number of ether oxygens (including phenoxy) is 1. The zero-order chi connectivity index (χ0) is 10.6. The average Bonchev–Trinajstić information content (AvgIpc) is 2.20. The van der Waals surface area contributed by atoms with Crippen molar-refractivity contribution < 1.29 is 9.53 Å². The van der Waals surface area contributed by atoms with Crippen LogP contribution in [0.2, 0.25) is 5.02 Å². The lowest BCUT2D eigenvalue weighted by molar-refractivity contribution is 0.0600. The molecule has 0 saturated carbocycles. The Labute approximate surface area is 87.8 Å². The van der Waals surface area contributed by atoms with Gasteiger partial charge in [-0.05, 0) is 25.1 Å². The van der Waals surface area contributed by atoms with Crippen molar-refractivity contribution in [2.24, 2.45) is 0 Å². The van der Waals surface area contributed by atoms with Crippen LogP contribution >= 0.6 is 11.6 Å². The van der Waals surface area contributed by atoms with Crippen molar-refractivity contribution in [3.05, 3.63) is 34.3 Å². The molecule has 0 bridgehead atoms. The predicted molar refractivity (Wildman–Crippen MR) is 55.3 cm³/mol. The van der Waals surface area contributed by atoms with E-state index in [1.807, 2.05) is 0 Å². The first-order valence-electron chi connectivity index (χ1n) is 3.99. The molecule has 1 aromatic rings. The van der Waals surface area contributed by atoms with Gasteiger partial charge in [0.25, 0.3) is 0 Å². The monoisotopic (exact) mass is 208 g/mol. The fourth-order valence-corrected chi connectivity index (χ4v) is 1.21. The molecule has 0 unspecified atom stereocenters. The molecule has 0 saturated heterocycles. The van der Waals surface area contributed by atoms with Crippen molar-refractivity contribution >= 4 is 17.6 Å². The molecule has 14 heavy (non-hydrogen) atoms. The van der Waals surface area contributed by atoms with E-state index in [4.69, 9.17) is 11.6 Å². The van der Waals surface area contributed by atoms with Crippen molar-refractivity contribution in [3.8, 4) is 11.8 Å². The molecule has 0 spiro atoms. The Balaban J connectivity index is 3.27. The summed E-state index contributed by atoms with van der Waals surface area (Å²) in [5.74, 6) is 5.11. The van der Waals surface area contributed by atoms with E-state index in [0.717, 1.165) is 0 Å². The minimum atomic E-state index is -0.426. The molecule has 1 rings (SSSR count). The Morgan fingerprint density at radius 2 is 2.21 bits per heavy atom. The summed E-state index contributed by atoms with van der Waals surface area (Å²) in [6, 6.07) is 4.94. The van der Waals surface area contributed by atoms with E-state index in [9.17, 15) is 4.79 Å². The van der Waals surface area contributed by atoms with Crippen molar-refractivity contribution in [2.45, 2.75) is 6.92 Å². The molecule has 0 amide bonds. The quantitative estimate of drug-likeness (QED) is 0.524. The number of methoxy groups -OCH3 is 1. The zero-order valence-electron chi connectivity index (χ0n) is 7.93. The molecular formula is C11H9ClO2. The van der Waals surface area contributed by atoms with Crippen LogP contribution in [0.1, 0.15) is 22.8 Å². The van der Waals surface area contributed by atoms with Gasteiger partial charge in [-0.1, -0.05) is 17.5 Å². The van der Waals surface area contributed by atoms with Crippen LogP contribution in [-0.4, -0.2) is 13.1 Å². The van der Waals surface area contributed by atoms with Crippen LogP contribution < -0.4 is 0 Å². The molecule has 0 atom stereocenters. The highest BCUT2D eigenvalue weighted by molar-refractivity contribution is 6.31. The second-order valence-electron chi connectivity index (χ2n) is 2.56. The van der Waals surface area contributed by atoms with E-state index in [0.29, 0.717) is 16.1 Å². The number of hydrogen-bond acceptors (Lipinski definition) is 2. The van der Waals surface area contributed by atoms with Crippen LogP contribution in [-0.2, 0) is 4.74 Å². The summed E-state index contributed by atoms with van der Waals surface area (Å²) >= 11 is 5.76. The molecule has 72 valence electrons. The van der Waals surface area contributed by atoms with Gasteiger partial charge >= 0.3 is 5.97 Å². The van der Waals surface area contributed by atoms with E-state index in [1.165, 1.54) is 7.11 Å². The van der Waals surface area contributed by atoms with Crippen LogP contribution in [0.15, 0.2) is 18.2 Å². The Hall–Kier alpha value is -1.46. The van der Waals surface area contributed by atoms with Crippen LogP contribution in [0, 0.1) is 11.8 Å². The maximum absolute atomic E-state index is 11.3. The van der Waals surface area contributed by atoms with Crippen LogP contribution in [0.4, 0.5) is 0 Å². The van der Waals surface area contributed by atoms with Gasteiger partial charge in [0.05, 0.1) is 12.7 Å². The minimum Gasteiger partial charge on any atom is -0.465 e. The van der Waals surface area contributed by atoms with Crippen molar-refractivity contribution in [1.29, 1.82) is 0 Å². The van der Waals surface area contributed by atoms with E-state index in [1.54, 1.807) is 25.1 Å². The Bertz CT molecular complexity index is 413. The number of hydrogen-bond donors (Lipinski definition) is 0. The summed E-state index contributed by atoms with van der Waals surface area (Å²) in [6.07, 6.45) is 0. The molecule has 0 aromatic heterocycles. The highest BCUT2D eigenvalue weighted by atomic mass is 35.5. The topological polar surface area (TPSA) is 26.3 Å². The Morgan fingerprint density at radius 3 is 2.79 bits per heavy atom. The molecular weight excluding hydrogens is 200 g/mol. The van der Waals surface area contributed by atoms with E-state index in [-0.39, 0.29) is 0 Å². The van der Waals surface area contributed by atoms with E-state index < -0.39 is 5.97 Å². The fourth-order valence-electron chi connectivity index (χ4n) is 1.04. The second-order valence-corrected chi connectivity index (χ2v) is 2.99. The first-order chi connectivity index (χ1) is 6.69. The molecule has 0 aliphatic heterocycles. The van der Waals surface area contributed by atoms with Gasteiger partial charge in [-0.15, -0.1) is 5.92 Å². The molecule has 0 radical (unpaired) electrons. The standard InChI is InChI=1S/C11H9ClO2/c1-3-4-8-5-6-9(12)7-10(8)11(13)14-2/h5-7H,1-2H3. The minimum absolute atomic E-state index is 0.398. The smallest absolute Gasteiger partial charge is 0.339 e. The van der Waals surface area contributed by atoms with Crippen molar-refractivity contribution in [3.63, 3.8) is 0 Å². The number of benzene rings is 1. The van der Waals surface area contributed by atoms with Gasteiger partial charge in [0.15, 0.2) is 0 Å². The Kier molecular flexibility index (Phi) is 3.55.